The Balaban J connectivity index is 0.000000490. The van der Waals surface area contributed by atoms with E-state index in [0.717, 1.165) is 0 Å². The van der Waals surface area contributed by atoms with Gasteiger partial charge in [-0.25, -0.2) is 0 Å². The van der Waals surface area contributed by atoms with Crippen LogP contribution in [-0.2, 0) is 0 Å². The first kappa shape index (κ1) is 9.81. The molecule has 0 atom stereocenters. The van der Waals surface area contributed by atoms with E-state index in [2.05, 4.69) is 6.92 Å². The first-order chi connectivity index (χ1) is 3.39. The zero-order chi connectivity index (χ0) is 5.11. The fraction of sp³-hybridized carbons (Fsp3) is 0.857. The van der Waals surface area contributed by atoms with Gasteiger partial charge in [0, 0.05) is 0 Å². The Labute approximate surface area is 101 Å². The topological polar surface area (TPSA) is 0 Å². The number of hydrogen-bond donors (Lipinski definition) is 0. The van der Waals surface area contributed by atoms with Gasteiger partial charge in [-0.2, -0.15) is 19.8 Å². The molecular formula is C7H13Rb. The van der Waals surface area contributed by atoms with Gasteiger partial charge in [0.25, 0.3) is 0 Å². The van der Waals surface area contributed by atoms with Gasteiger partial charge < -0.3 is 5.92 Å². The van der Waals surface area contributed by atoms with Crippen LogP contribution in [0.1, 0.15) is 39.0 Å². The van der Waals surface area contributed by atoms with Crippen molar-refractivity contribution in [2.45, 2.75) is 39.0 Å². The zero-order valence-electron chi connectivity index (χ0n) is 6.04. The van der Waals surface area contributed by atoms with Gasteiger partial charge in [0.1, 0.15) is 0 Å². The summed E-state index contributed by atoms with van der Waals surface area (Å²) in [5.74, 6) is 1.71. The largest absolute Gasteiger partial charge is 1.00 e. The predicted molar refractivity (Wildman–Crippen MR) is 32.0 cm³/mol. The first-order valence-corrected chi connectivity index (χ1v) is 3.21. The van der Waals surface area contributed by atoms with Crippen LogP contribution in [0, 0.1) is 5.92 Å². The third-order valence-corrected chi connectivity index (χ3v) is 1.71. The maximum atomic E-state index is 2.28. The molecule has 0 bridgehead atoms. The molecule has 0 aromatic rings. The van der Waals surface area contributed by atoms with E-state index in [1.807, 2.05) is 0 Å². The maximum Gasteiger partial charge on any atom is 1.00 e. The summed E-state index contributed by atoms with van der Waals surface area (Å²) >= 11 is 0. The van der Waals surface area contributed by atoms with Crippen LogP contribution in [0.15, 0.2) is 0 Å². The quantitative estimate of drug-likeness (QED) is 0.446. The molecule has 1 fully saturated rings. The van der Waals surface area contributed by atoms with E-state index in [4.69, 9.17) is 0 Å². The molecule has 1 saturated carbocycles. The van der Waals surface area contributed by atoms with Crippen molar-refractivity contribution in [1.82, 2.24) is 0 Å². The third-order valence-electron chi connectivity index (χ3n) is 1.71. The second kappa shape index (κ2) is 5.58. The zero-order valence-corrected chi connectivity index (χ0v) is 11.0. The van der Waals surface area contributed by atoms with Crippen molar-refractivity contribution in [2.75, 3.05) is 0 Å². The van der Waals surface area contributed by atoms with E-state index in [-0.39, 0.29) is 58.2 Å². The van der Waals surface area contributed by atoms with Gasteiger partial charge in [-0.05, 0) is 0 Å². The van der Waals surface area contributed by atoms with Crippen LogP contribution in [-0.4, -0.2) is 0 Å². The van der Waals surface area contributed by atoms with Crippen LogP contribution in [0.3, 0.4) is 0 Å². The second-order valence-electron chi connectivity index (χ2n) is 2.52. The van der Waals surface area contributed by atoms with Crippen molar-refractivity contribution >= 4 is 0 Å². The molecule has 0 spiro atoms. The molecule has 0 radical (unpaired) electrons. The molecule has 0 amide bonds. The summed E-state index contributed by atoms with van der Waals surface area (Å²) in [6.07, 6.45) is 7.18. The molecule has 0 aromatic carbocycles. The smallest absolute Gasteiger partial charge is 0.317 e. The molecule has 1 aliphatic carbocycles. The van der Waals surface area contributed by atoms with E-state index >= 15 is 0 Å². The van der Waals surface area contributed by atoms with Crippen LogP contribution in [0.4, 0.5) is 0 Å². The summed E-state index contributed by atoms with van der Waals surface area (Å²) in [4.78, 5) is 0. The van der Waals surface area contributed by atoms with Gasteiger partial charge in [-0.15, -0.1) is 0 Å². The molecule has 0 saturated heterocycles. The first-order valence-electron chi connectivity index (χ1n) is 3.21. The summed E-state index contributed by atoms with van der Waals surface area (Å²) in [6.45, 7) is 2.28. The molecule has 0 heterocycles. The Morgan fingerprint density at radius 3 is 1.75 bits per heavy atom. The molecule has 42 valence electrons. The summed E-state index contributed by atoms with van der Waals surface area (Å²) in [5.41, 5.74) is 0. The minimum Gasteiger partial charge on any atom is -0.317 e. The second-order valence-corrected chi connectivity index (χ2v) is 2.52. The summed E-state index contributed by atoms with van der Waals surface area (Å²) < 4.78 is 0. The van der Waals surface area contributed by atoms with Crippen LogP contribution >= 0.6 is 0 Å². The van der Waals surface area contributed by atoms with E-state index < -0.39 is 0 Å². The Kier molecular flexibility index (Phi) is 6.84. The molecule has 0 aromatic heterocycles. The molecule has 0 unspecified atom stereocenters. The van der Waals surface area contributed by atoms with E-state index in [1.54, 1.807) is 5.92 Å². The Morgan fingerprint density at radius 1 is 1.00 bits per heavy atom. The van der Waals surface area contributed by atoms with Crippen LogP contribution in [0.25, 0.3) is 0 Å². The minimum atomic E-state index is 0. The summed E-state index contributed by atoms with van der Waals surface area (Å²) in [5, 5.41) is 0. The Morgan fingerprint density at radius 2 is 1.50 bits per heavy atom. The van der Waals surface area contributed by atoms with Gasteiger partial charge in [0.15, 0.2) is 0 Å². The van der Waals surface area contributed by atoms with Gasteiger partial charge in [-0.3, -0.25) is 0 Å². The number of rotatable bonds is 0. The molecule has 0 nitrogen and oxygen atoms in total. The molecule has 8 heavy (non-hydrogen) atoms. The van der Waals surface area contributed by atoms with Gasteiger partial charge in [0.05, 0.1) is 0 Å². The van der Waals surface area contributed by atoms with Crippen molar-refractivity contribution in [3.63, 3.8) is 0 Å². The average molecular weight is 183 g/mol. The fourth-order valence-corrected chi connectivity index (χ4v) is 1.16. The van der Waals surface area contributed by atoms with Crippen molar-refractivity contribution in [1.29, 1.82) is 0 Å². The van der Waals surface area contributed by atoms with E-state index in [9.17, 15) is 0 Å². The summed E-state index contributed by atoms with van der Waals surface area (Å²) in [6, 6.07) is 0. The average Bonchev–Trinajstić information content (AvgIpc) is 1.69. The van der Waals surface area contributed by atoms with Crippen LogP contribution < -0.4 is 58.2 Å². The van der Waals surface area contributed by atoms with Gasteiger partial charge in [-0.1, -0.05) is 19.3 Å². The third kappa shape index (κ3) is 3.76. The Hall–Kier alpha value is 1.81. The van der Waals surface area contributed by atoms with Crippen LogP contribution in [0.5, 0.6) is 0 Å². The number of hydrogen-bond acceptors (Lipinski definition) is 0. The van der Waals surface area contributed by atoms with Crippen molar-refractivity contribution in [3.05, 3.63) is 5.92 Å². The molecule has 1 aliphatic rings. The SMILES string of the molecule is C[C-]1CCCCC1.[Rb+]. The van der Waals surface area contributed by atoms with Crippen molar-refractivity contribution in [2.24, 2.45) is 0 Å². The molecule has 0 N–H and O–H groups in total. The molecular weight excluding hydrogens is 170 g/mol. The van der Waals surface area contributed by atoms with Crippen molar-refractivity contribution in [3.8, 4) is 0 Å². The van der Waals surface area contributed by atoms with Gasteiger partial charge in [0.2, 0.25) is 0 Å². The standard InChI is InChI=1S/C7H13.Rb/c1-7-5-3-2-4-6-7;/h2-6H2,1H3;/q-1;+1. The van der Waals surface area contributed by atoms with E-state index in [1.165, 1.54) is 32.1 Å². The fourth-order valence-electron chi connectivity index (χ4n) is 1.16. The van der Waals surface area contributed by atoms with Crippen LogP contribution in [0.2, 0.25) is 0 Å². The minimum absolute atomic E-state index is 0. The molecule has 1 rings (SSSR count). The van der Waals surface area contributed by atoms with Gasteiger partial charge >= 0.3 is 58.2 Å². The van der Waals surface area contributed by atoms with Crippen molar-refractivity contribution < 1.29 is 58.2 Å². The monoisotopic (exact) mass is 182 g/mol. The van der Waals surface area contributed by atoms with E-state index in [0.29, 0.717) is 0 Å². The Bertz CT molecular complexity index is 46.3. The predicted octanol–water partition coefficient (Wildman–Crippen LogP) is -0.451. The normalized spacial score (nSPS) is 22.1. The summed E-state index contributed by atoms with van der Waals surface area (Å²) in [7, 11) is 0. The molecule has 1 heteroatoms. The molecule has 0 aliphatic heterocycles. The maximum absolute atomic E-state index is 2.28.